The van der Waals surface area contributed by atoms with Crippen LogP contribution in [0, 0.1) is 5.82 Å². The summed E-state index contributed by atoms with van der Waals surface area (Å²) in [5, 5.41) is 0. The van der Waals surface area contributed by atoms with Gasteiger partial charge in [-0.15, -0.1) is 0 Å². The fourth-order valence-electron chi connectivity index (χ4n) is 3.37. The standard InChI is InChI=1S/C20H24FN3O5/c21-15-3-1-4-16(13-15)29-12-2-5-17(25)22-8-10-23(11-9-22)20(28)14-24-18(26)6-7-19(24)27/h1,3-4,13H,2,5-12,14H2. The molecule has 1 aromatic carbocycles. The number of likely N-dealkylation sites (tertiary alicyclic amines) is 1. The number of piperazine rings is 1. The van der Waals surface area contributed by atoms with Crippen molar-refractivity contribution in [3.63, 3.8) is 0 Å². The van der Waals surface area contributed by atoms with Crippen LogP contribution in [0.3, 0.4) is 0 Å². The fraction of sp³-hybridized carbons (Fsp3) is 0.500. The first-order valence-corrected chi connectivity index (χ1v) is 9.71. The fourth-order valence-corrected chi connectivity index (χ4v) is 3.37. The third-order valence-electron chi connectivity index (χ3n) is 5.03. The van der Waals surface area contributed by atoms with Gasteiger partial charge in [0.05, 0.1) is 6.61 Å². The lowest BCUT2D eigenvalue weighted by molar-refractivity contribution is -0.147. The third-order valence-corrected chi connectivity index (χ3v) is 5.03. The van der Waals surface area contributed by atoms with Gasteiger partial charge < -0.3 is 14.5 Å². The second-order valence-corrected chi connectivity index (χ2v) is 7.04. The molecule has 0 N–H and O–H groups in total. The van der Waals surface area contributed by atoms with Crippen LogP contribution in [0.25, 0.3) is 0 Å². The number of nitrogens with zero attached hydrogens (tertiary/aromatic N) is 3. The molecule has 0 spiro atoms. The van der Waals surface area contributed by atoms with Gasteiger partial charge in [-0.2, -0.15) is 0 Å². The molecule has 2 aliphatic rings. The number of hydrogen-bond donors (Lipinski definition) is 0. The Hall–Kier alpha value is -2.97. The maximum atomic E-state index is 13.1. The van der Waals surface area contributed by atoms with Crippen LogP contribution in [0.2, 0.25) is 0 Å². The van der Waals surface area contributed by atoms with Gasteiger partial charge in [0.2, 0.25) is 23.6 Å². The Morgan fingerprint density at radius 3 is 2.21 bits per heavy atom. The second-order valence-electron chi connectivity index (χ2n) is 7.04. The molecular weight excluding hydrogens is 381 g/mol. The Bertz CT molecular complexity index is 776. The Balaban J connectivity index is 1.35. The number of amides is 4. The SMILES string of the molecule is O=C(CCCOc1cccc(F)c1)N1CCN(C(=O)CN2C(=O)CCC2=O)CC1. The summed E-state index contributed by atoms with van der Waals surface area (Å²) in [7, 11) is 0. The molecule has 8 nitrogen and oxygen atoms in total. The highest BCUT2D eigenvalue weighted by atomic mass is 19.1. The van der Waals surface area contributed by atoms with Crippen molar-refractivity contribution in [2.45, 2.75) is 25.7 Å². The average molecular weight is 405 g/mol. The van der Waals surface area contributed by atoms with E-state index in [0.29, 0.717) is 51.4 Å². The number of halogens is 1. The van der Waals surface area contributed by atoms with Crippen molar-refractivity contribution in [1.82, 2.24) is 14.7 Å². The molecule has 1 aromatic rings. The molecule has 0 aliphatic carbocycles. The summed E-state index contributed by atoms with van der Waals surface area (Å²) in [6, 6.07) is 5.85. The lowest BCUT2D eigenvalue weighted by atomic mass is 10.2. The molecule has 29 heavy (non-hydrogen) atoms. The van der Waals surface area contributed by atoms with Gasteiger partial charge in [-0.3, -0.25) is 24.1 Å². The monoisotopic (exact) mass is 405 g/mol. The topological polar surface area (TPSA) is 87.2 Å². The molecule has 156 valence electrons. The Labute approximate surface area is 168 Å². The van der Waals surface area contributed by atoms with E-state index in [9.17, 15) is 23.6 Å². The highest BCUT2D eigenvalue weighted by Gasteiger charge is 2.32. The molecule has 0 aromatic heterocycles. The van der Waals surface area contributed by atoms with Gasteiger partial charge in [-0.1, -0.05) is 6.07 Å². The van der Waals surface area contributed by atoms with E-state index in [2.05, 4.69) is 0 Å². The molecular formula is C20H24FN3O5. The molecule has 0 radical (unpaired) electrons. The van der Waals surface area contributed by atoms with E-state index in [4.69, 9.17) is 4.74 Å². The summed E-state index contributed by atoms with van der Waals surface area (Å²) in [6.07, 6.45) is 1.14. The predicted octanol–water partition coefficient (Wildman–Crippen LogP) is 0.805. The van der Waals surface area contributed by atoms with Crippen LogP contribution in [0.15, 0.2) is 24.3 Å². The van der Waals surface area contributed by atoms with Crippen molar-refractivity contribution < 1.29 is 28.3 Å². The van der Waals surface area contributed by atoms with E-state index < -0.39 is 0 Å². The Morgan fingerprint density at radius 1 is 0.966 bits per heavy atom. The van der Waals surface area contributed by atoms with Crippen LogP contribution in [-0.4, -0.2) is 77.7 Å². The highest BCUT2D eigenvalue weighted by Crippen LogP contribution is 2.14. The van der Waals surface area contributed by atoms with E-state index >= 15 is 0 Å². The molecule has 4 amide bonds. The summed E-state index contributed by atoms with van der Waals surface area (Å²) >= 11 is 0. The molecule has 2 fully saturated rings. The van der Waals surface area contributed by atoms with Gasteiger partial charge in [0.15, 0.2) is 0 Å². The predicted molar refractivity (Wildman–Crippen MR) is 100 cm³/mol. The zero-order valence-corrected chi connectivity index (χ0v) is 16.1. The number of imide groups is 1. The number of carbonyl (C=O) groups is 4. The number of ether oxygens (including phenoxy) is 1. The minimum atomic E-state index is -0.371. The van der Waals surface area contributed by atoms with Crippen molar-refractivity contribution in [2.24, 2.45) is 0 Å². The molecule has 9 heteroatoms. The number of hydrogen-bond acceptors (Lipinski definition) is 5. The molecule has 3 rings (SSSR count). The smallest absolute Gasteiger partial charge is 0.242 e. The quantitative estimate of drug-likeness (QED) is 0.495. The first kappa shape index (κ1) is 20.8. The molecule has 2 heterocycles. The normalized spacial score (nSPS) is 17.1. The number of rotatable bonds is 7. The van der Waals surface area contributed by atoms with Gasteiger partial charge in [-0.25, -0.2) is 4.39 Å². The van der Waals surface area contributed by atoms with Crippen LogP contribution >= 0.6 is 0 Å². The maximum absolute atomic E-state index is 13.1. The molecule has 0 bridgehead atoms. The van der Waals surface area contributed by atoms with Gasteiger partial charge in [0.1, 0.15) is 18.1 Å². The van der Waals surface area contributed by atoms with E-state index in [1.807, 2.05) is 0 Å². The lowest BCUT2D eigenvalue weighted by Gasteiger charge is -2.35. The third kappa shape index (κ3) is 5.52. The summed E-state index contributed by atoms with van der Waals surface area (Å²) in [5.74, 6) is -0.853. The van der Waals surface area contributed by atoms with Crippen molar-refractivity contribution in [1.29, 1.82) is 0 Å². The van der Waals surface area contributed by atoms with Crippen molar-refractivity contribution in [3.05, 3.63) is 30.1 Å². The first-order valence-electron chi connectivity index (χ1n) is 9.71. The van der Waals surface area contributed by atoms with E-state index in [0.717, 1.165) is 4.90 Å². The van der Waals surface area contributed by atoms with Crippen LogP contribution in [0.5, 0.6) is 5.75 Å². The summed E-state index contributed by atoms with van der Waals surface area (Å²) < 4.78 is 18.5. The lowest BCUT2D eigenvalue weighted by Crippen LogP contribution is -2.53. The molecule has 2 aliphatic heterocycles. The second kappa shape index (κ2) is 9.49. The van der Waals surface area contributed by atoms with Crippen LogP contribution in [0.1, 0.15) is 25.7 Å². The number of benzene rings is 1. The van der Waals surface area contributed by atoms with Crippen molar-refractivity contribution in [2.75, 3.05) is 39.3 Å². The first-order chi connectivity index (χ1) is 13.9. The highest BCUT2D eigenvalue weighted by molar-refractivity contribution is 6.04. The Morgan fingerprint density at radius 2 is 1.59 bits per heavy atom. The Kier molecular flexibility index (Phi) is 6.79. The minimum absolute atomic E-state index is 0.0233. The average Bonchev–Trinajstić information content (AvgIpc) is 3.03. The van der Waals surface area contributed by atoms with Gasteiger partial charge in [-0.05, 0) is 18.6 Å². The number of carbonyl (C=O) groups excluding carboxylic acids is 4. The van der Waals surface area contributed by atoms with Gasteiger partial charge in [0, 0.05) is 51.5 Å². The summed E-state index contributed by atoms with van der Waals surface area (Å²) in [5.41, 5.74) is 0. The largest absolute Gasteiger partial charge is 0.493 e. The van der Waals surface area contributed by atoms with Gasteiger partial charge in [0.25, 0.3) is 0 Å². The van der Waals surface area contributed by atoms with E-state index in [1.165, 1.54) is 12.1 Å². The van der Waals surface area contributed by atoms with E-state index in [1.54, 1.807) is 21.9 Å². The molecule has 0 saturated carbocycles. The summed E-state index contributed by atoms with van der Waals surface area (Å²) in [4.78, 5) is 52.2. The zero-order valence-electron chi connectivity index (χ0n) is 16.1. The molecule has 0 unspecified atom stereocenters. The molecule has 0 atom stereocenters. The zero-order chi connectivity index (χ0) is 20.8. The van der Waals surface area contributed by atoms with Crippen LogP contribution < -0.4 is 4.74 Å². The van der Waals surface area contributed by atoms with Crippen molar-refractivity contribution in [3.8, 4) is 5.75 Å². The van der Waals surface area contributed by atoms with Crippen LogP contribution in [0.4, 0.5) is 4.39 Å². The van der Waals surface area contributed by atoms with Gasteiger partial charge >= 0.3 is 0 Å². The van der Waals surface area contributed by atoms with E-state index in [-0.39, 0.29) is 48.8 Å². The molecule has 2 saturated heterocycles. The maximum Gasteiger partial charge on any atom is 0.242 e. The van der Waals surface area contributed by atoms with Crippen molar-refractivity contribution >= 4 is 23.6 Å². The van der Waals surface area contributed by atoms with Crippen LogP contribution in [-0.2, 0) is 19.2 Å². The summed E-state index contributed by atoms with van der Waals surface area (Å²) in [6.45, 7) is 1.67. The minimum Gasteiger partial charge on any atom is -0.493 e.